The molecule has 132 valence electrons. The third-order valence-corrected chi connectivity index (χ3v) is 12.4. The second-order valence-electron chi connectivity index (χ2n) is 7.90. The lowest BCUT2D eigenvalue weighted by Gasteiger charge is -2.39. The quantitative estimate of drug-likeness (QED) is 0.670. The van der Waals surface area contributed by atoms with Crippen LogP contribution in [0.25, 0.3) is 0 Å². The molecule has 0 saturated carbocycles. The fourth-order valence-corrected chi connectivity index (χ4v) is 14.1. The maximum atomic E-state index is 13.2. The summed E-state index contributed by atoms with van der Waals surface area (Å²) in [6.45, 7) is 15.5. The van der Waals surface area contributed by atoms with Gasteiger partial charge in [0.2, 0.25) is 0 Å². The van der Waals surface area contributed by atoms with Gasteiger partial charge < -0.3 is 8.23 Å². The number of rotatable bonds is 5. The maximum Gasteiger partial charge on any atom is 0.416 e. The molecule has 0 aliphatic rings. The van der Waals surface area contributed by atoms with Gasteiger partial charge in [-0.15, -0.1) is 0 Å². The lowest BCUT2D eigenvalue weighted by molar-refractivity contribution is -0.138. The minimum Gasteiger partial charge on any atom is -0.433 e. The van der Waals surface area contributed by atoms with Crippen molar-refractivity contribution < 1.29 is 21.4 Å². The topological polar surface area (TPSA) is 18.5 Å². The molecule has 0 aliphatic heterocycles. The van der Waals surface area contributed by atoms with E-state index in [-0.39, 0.29) is 5.56 Å². The van der Waals surface area contributed by atoms with Crippen molar-refractivity contribution in [1.82, 2.24) is 0 Å². The molecule has 1 aromatic rings. The SMILES string of the molecule is Cc1ccc([Si](C)(O[Si](C)(C)C)O[Si](C)(C)C)cc1C(F)(F)F. The van der Waals surface area contributed by atoms with Gasteiger partial charge in [0, 0.05) is 0 Å². The van der Waals surface area contributed by atoms with Crippen molar-refractivity contribution in [2.75, 3.05) is 0 Å². The van der Waals surface area contributed by atoms with Gasteiger partial charge in [-0.05, 0) is 69.6 Å². The number of benzene rings is 1. The molecule has 0 amide bonds. The van der Waals surface area contributed by atoms with Crippen LogP contribution < -0.4 is 5.19 Å². The van der Waals surface area contributed by atoms with Gasteiger partial charge in [0.05, 0.1) is 5.56 Å². The Kier molecular flexibility index (Phi) is 5.80. The van der Waals surface area contributed by atoms with E-state index in [1.165, 1.54) is 19.1 Å². The molecule has 0 radical (unpaired) electrons. The minimum absolute atomic E-state index is 0.221. The van der Waals surface area contributed by atoms with Crippen LogP contribution >= 0.6 is 0 Å². The molecule has 1 aromatic carbocycles. The van der Waals surface area contributed by atoms with Crippen LogP contribution in [0.5, 0.6) is 0 Å². The van der Waals surface area contributed by atoms with Crippen molar-refractivity contribution in [3.8, 4) is 0 Å². The van der Waals surface area contributed by atoms with Crippen LogP contribution in [0, 0.1) is 6.92 Å². The van der Waals surface area contributed by atoms with E-state index in [4.69, 9.17) is 8.23 Å². The summed E-state index contributed by atoms with van der Waals surface area (Å²) >= 11 is 0. The fraction of sp³-hybridized carbons (Fsp3) is 0.600. The Morgan fingerprint density at radius 3 is 1.61 bits per heavy atom. The van der Waals surface area contributed by atoms with Gasteiger partial charge in [0.15, 0.2) is 16.6 Å². The zero-order chi connectivity index (χ0) is 18.3. The molecule has 0 bridgehead atoms. The molecule has 0 aliphatic carbocycles. The average molecular weight is 381 g/mol. The molecular formula is C15H27F3O2Si3. The summed E-state index contributed by atoms with van der Waals surface area (Å²) < 4.78 is 52.4. The third-order valence-electron chi connectivity index (χ3n) is 3.07. The van der Waals surface area contributed by atoms with Gasteiger partial charge in [-0.3, -0.25) is 0 Å². The van der Waals surface area contributed by atoms with Crippen molar-refractivity contribution >= 4 is 30.4 Å². The van der Waals surface area contributed by atoms with E-state index in [9.17, 15) is 13.2 Å². The van der Waals surface area contributed by atoms with Crippen LogP contribution in [0.1, 0.15) is 11.1 Å². The Bertz CT molecular complexity index is 545. The van der Waals surface area contributed by atoms with Crippen LogP contribution in [-0.4, -0.2) is 25.2 Å². The smallest absolute Gasteiger partial charge is 0.416 e. The number of halogens is 3. The monoisotopic (exact) mass is 380 g/mol. The summed E-state index contributed by atoms with van der Waals surface area (Å²) in [4.78, 5) is 0. The normalized spacial score (nSPS) is 14.2. The first-order chi connectivity index (χ1) is 10.0. The minimum atomic E-state index is -4.37. The molecule has 0 atom stereocenters. The Morgan fingerprint density at radius 1 is 0.826 bits per heavy atom. The summed E-state index contributed by atoms with van der Waals surface area (Å²) in [6.07, 6.45) is -4.37. The second kappa shape index (κ2) is 6.47. The van der Waals surface area contributed by atoms with E-state index in [0.717, 1.165) is 0 Å². The predicted octanol–water partition coefficient (Wildman–Crippen LogP) is 5.00. The lowest BCUT2D eigenvalue weighted by atomic mass is 10.1. The van der Waals surface area contributed by atoms with E-state index in [1.54, 1.807) is 6.07 Å². The Morgan fingerprint density at radius 2 is 1.26 bits per heavy atom. The summed E-state index contributed by atoms with van der Waals surface area (Å²) in [5, 5.41) is 0.556. The van der Waals surface area contributed by atoms with Gasteiger partial charge in [0.1, 0.15) is 0 Å². The van der Waals surface area contributed by atoms with Crippen molar-refractivity contribution in [1.29, 1.82) is 0 Å². The first kappa shape index (κ1) is 20.6. The van der Waals surface area contributed by atoms with Crippen LogP contribution in [0.15, 0.2) is 18.2 Å². The van der Waals surface area contributed by atoms with Crippen molar-refractivity contribution in [3.63, 3.8) is 0 Å². The Labute approximate surface area is 140 Å². The second-order valence-corrected chi connectivity index (χ2v) is 20.5. The summed E-state index contributed by atoms with van der Waals surface area (Å²) in [5.41, 5.74) is -0.384. The largest absolute Gasteiger partial charge is 0.433 e. The molecule has 0 unspecified atom stereocenters. The average Bonchev–Trinajstić information content (AvgIpc) is 2.21. The highest BCUT2D eigenvalue weighted by Gasteiger charge is 2.43. The molecule has 23 heavy (non-hydrogen) atoms. The van der Waals surface area contributed by atoms with Gasteiger partial charge in [-0.1, -0.05) is 12.1 Å². The molecule has 0 heterocycles. The van der Waals surface area contributed by atoms with Gasteiger partial charge >= 0.3 is 14.7 Å². The molecule has 0 saturated heterocycles. The van der Waals surface area contributed by atoms with Crippen LogP contribution in [0.4, 0.5) is 13.2 Å². The van der Waals surface area contributed by atoms with E-state index in [0.29, 0.717) is 5.19 Å². The fourth-order valence-electron chi connectivity index (χ4n) is 2.52. The zero-order valence-corrected chi connectivity index (χ0v) is 18.2. The van der Waals surface area contributed by atoms with E-state index in [2.05, 4.69) is 0 Å². The maximum absolute atomic E-state index is 13.2. The number of hydrogen-bond acceptors (Lipinski definition) is 2. The molecule has 0 spiro atoms. The van der Waals surface area contributed by atoms with E-state index in [1.807, 2.05) is 45.8 Å². The Balaban J connectivity index is 3.43. The van der Waals surface area contributed by atoms with E-state index >= 15 is 0 Å². The van der Waals surface area contributed by atoms with E-state index < -0.39 is 36.9 Å². The third kappa shape index (κ3) is 6.18. The number of aryl methyl sites for hydroxylation is 1. The van der Waals surface area contributed by atoms with Gasteiger partial charge in [-0.2, -0.15) is 13.2 Å². The molecular weight excluding hydrogens is 353 g/mol. The molecule has 8 heteroatoms. The Hall–Kier alpha value is -0.419. The highest BCUT2D eigenvalue weighted by Crippen LogP contribution is 2.32. The summed E-state index contributed by atoms with van der Waals surface area (Å²) in [7, 11) is -6.85. The van der Waals surface area contributed by atoms with Crippen LogP contribution in [0.2, 0.25) is 45.8 Å². The number of alkyl halides is 3. The van der Waals surface area contributed by atoms with Crippen LogP contribution in [0.3, 0.4) is 0 Å². The molecule has 0 fully saturated rings. The first-order valence-electron chi connectivity index (χ1n) is 7.62. The van der Waals surface area contributed by atoms with Gasteiger partial charge in [-0.25, -0.2) is 0 Å². The van der Waals surface area contributed by atoms with Crippen molar-refractivity contribution in [2.45, 2.75) is 58.9 Å². The highest BCUT2D eigenvalue weighted by atomic mass is 28.5. The van der Waals surface area contributed by atoms with Crippen LogP contribution in [-0.2, 0) is 14.4 Å². The van der Waals surface area contributed by atoms with Crippen molar-refractivity contribution in [2.24, 2.45) is 0 Å². The standard InChI is InChI=1S/C15H27F3O2Si3/c1-12-9-10-13(11-14(12)15(16,17)18)23(8,19-21(2,3)4)20-22(5,6)7/h9-11H,1-8H3. The molecule has 2 nitrogen and oxygen atoms in total. The van der Waals surface area contributed by atoms with Crippen molar-refractivity contribution in [3.05, 3.63) is 29.3 Å². The number of hydrogen-bond donors (Lipinski definition) is 0. The first-order valence-corrected chi connectivity index (χ1v) is 16.8. The molecule has 0 N–H and O–H groups in total. The predicted molar refractivity (Wildman–Crippen MR) is 96.3 cm³/mol. The highest BCUT2D eigenvalue weighted by molar-refractivity contribution is 6.94. The summed E-state index contributed by atoms with van der Waals surface area (Å²) in [5.74, 6) is 0. The summed E-state index contributed by atoms with van der Waals surface area (Å²) in [6, 6.07) is 4.48. The lowest BCUT2D eigenvalue weighted by Crippen LogP contribution is -2.60. The molecule has 0 aromatic heterocycles. The van der Waals surface area contributed by atoms with Gasteiger partial charge in [0.25, 0.3) is 0 Å². The molecule has 1 rings (SSSR count). The zero-order valence-electron chi connectivity index (χ0n) is 15.2.